The van der Waals surface area contributed by atoms with Crippen molar-refractivity contribution in [2.45, 2.75) is 26.7 Å². The van der Waals surface area contributed by atoms with Gasteiger partial charge in [-0.25, -0.2) is 0 Å². The van der Waals surface area contributed by atoms with Gasteiger partial charge in [0.1, 0.15) is 0 Å². The van der Waals surface area contributed by atoms with E-state index in [1.165, 1.54) is 5.56 Å². The zero-order valence-corrected chi connectivity index (χ0v) is 11.6. The van der Waals surface area contributed by atoms with Crippen molar-refractivity contribution in [3.8, 4) is 0 Å². The summed E-state index contributed by atoms with van der Waals surface area (Å²) in [6.07, 6.45) is 5.82. The molecule has 0 N–H and O–H groups in total. The van der Waals surface area contributed by atoms with Crippen molar-refractivity contribution in [3.05, 3.63) is 18.0 Å². The van der Waals surface area contributed by atoms with Gasteiger partial charge < -0.3 is 4.74 Å². The summed E-state index contributed by atoms with van der Waals surface area (Å²) >= 11 is 0. The van der Waals surface area contributed by atoms with E-state index in [9.17, 15) is 4.79 Å². The molecule has 0 radical (unpaired) electrons. The Hall–Kier alpha value is -1.36. The average Bonchev–Trinajstić information content (AvgIpc) is 2.73. The molecule has 0 aliphatic carbocycles. The van der Waals surface area contributed by atoms with Crippen LogP contribution >= 0.6 is 0 Å². The van der Waals surface area contributed by atoms with E-state index in [2.05, 4.69) is 16.9 Å². The number of hydrogen-bond donors (Lipinski definition) is 0. The van der Waals surface area contributed by atoms with Crippen LogP contribution in [0.2, 0.25) is 0 Å². The highest BCUT2D eigenvalue weighted by Gasteiger charge is 2.11. The van der Waals surface area contributed by atoms with Crippen molar-refractivity contribution in [1.29, 1.82) is 0 Å². The molecule has 5 nitrogen and oxygen atoms in total. The number of carbonyl (C=O) groups excluding carboxylic acids is 1. The van der Waals surface area contributed by atoms with Crippen molar-refractivity contribution in [2.24, 2.45) is 7.05 Å². The van der Waals surface area contributed by atoms with E-state index in [1.807, 2.05) is 26.4 Å². The molecule has 0 saturated carbocycles. The van der Waals surface area contributed by atoms with Crippen LogP contribution in [0.5, 0.6) is 0 Å². The lowest BCUT2D eigenvalue weighted by Crippen LogP contribution is -2.33. The van der Waals surface area contributed by atoms with E-state index < -0.39 is 0 Å². The molecule has 18 heavy (non-hydrogen) atoms. The second-order valence-corrected chi connectivity index (χ2v) is 4.35. The van der Waals surface area contributed by atoms with Crippen molar-refractivity contribution in [3.63, 3.8) is 0 Å². The Labute approximate surface area is 109 Å². The molecule has 102 valence electrons. The summed E-state index contributed by atoms with van der Waals surface area (Å²) in [5.74, 6) is -0.142. The number of hydrogen-bond acceptors (Lipinski definition) is 4. The number of esters is 1. The molecule has 0 aromatic carbocycles. The highest BCUT2D eigenvalue weighted by atomic mass is 16.5. The third-order valence-electron chi connectivity index (χ3n) is 2.67. The van der Waals surface area contributed by atoms with Gasteiger partial charge >= 0.3 is 5.97 Å². The molecule has 0 bridgehead atoms. The van der Waals surface area contributed by atoms with E-state index in [1.54, 1.807) is 4.68 Å². The van der Waals surface area contributed by atoms with Gasteiger partial charge in [-0.15, -0.1) is 0 Å². The van der Waals surface area contributed by atoms with Gasteiger partial charge in [-0.2, -0.15) is 5.10 Å². The van der Waals surface area contributed by atoms with Crippen LogP contribution in [0.25, 0.3) is 0 Å². The first-order valence-corrected chi connectivity index (χ1v) is 6.51. The largest absolute Gasteiger partial charge is 0.465 e. The maximum absolute atomic E-state index is 11.5. The lowest BCUT2D eigenvalue weighted by atomic mass is 10.2. The Balaban J connectivity index is 2.39. The van der Waals surface area contributed by atoms with Gasteiger partial charge in [-0.05, 0) is 31.9 Å². The fraction of sp³-hybridized carbons (Fsp3) is 0.692. The number of aryl methyl sites for hydroxylation is 1. The minimum absolute atomic E-state index is 0.142. The summed E-state index contributed by atoms with van der Waals surface area (Å²) in [4.78, 5) is 13.6. The standard InChI is InChI=1S/C13H23N3O2/c1-4-7-16(11-13(17)18-5-2)8-6-12-9-14-15(3)10-12/h9-10H,4-8,11H2,1-3H3. The predicted octanol–water partition coefficient (Wildman–Crippen LogP) is 1.24. The maximum Gasteiger partial charge on any atom is 0.320 e. The molecule has 0 amide bonds. The van der Waals surface area contributed by atoms with Crippen LogP contribution in [-0.2, 0) is 23.0 Å². The van der Waals surface area contributed by atoms with Crippen LogP contribution in [-0.4, -0.2) is 46.9 Å². The van der Waals surface area contributed by atoms with Crippen LogP contribution in [0.4, 0.5) is 0 Å². The zero-order chi connectivity index (χ0) is 13.4. The minimum atomic E-state index is -0.142. The zero-order valence-electron chi connectivity index (χ0n) is 11.6. The summed E-state index contributed by atoms with van der Waals surface area (Å²) in [6.45, 7) is 6.54. The van der Waals surface area contributed by atoms with Crippen LogP contribution in [0.1, 0.15) is 25.8 Å². The molecule has 1 rings (SSSR count). The molecule has 0 saturated heterocycles. The Morgan fingerprint density at radius 3 is 2.78 bits per heavy atom. The van der Waals surface area contributed by atoms with Crippen LogP contribution < -0.4 is 0 Å². The minimum Gasteiger partial charge on any atom is -0.465 e. The topological polar surface area (TPSA) is 47.4 Å². The molecule has 1 heterocycles. The molecule has 0 fully saturated rings. The molecule has 0 spiro atoms. The van der Waals surface area contributed by atoms with E-state index in [0.29, 0.717) is 13.2 Å². The average molecular weight is 253 g/mol. The quantitative estimate of drug-likeness (QED) is 0.654. The van der Waals surface area contributed by atoms with Crippen molar-refractivity contribution in [2.75, 3.05) is 26.2 Å². The molecule has 0 unspecified atom stereocenters. The molecule has 0 aliphatic heterocycles. The van der Waals surface area contributed by atoms with Crippen LogP contribution in [0.3, 0.4) is 0 Å². The fourth-order valence-corrected chi connectivity index (χ4v) is 1.86. The van der Waals surface area contributed by atoms with Gasteiger partial charge in [-0.1, -0.05) is 6.92 Å². The van der Waals surface area contributed by atoms with E-state index in [0.717, 1.165) is 25.9 Å². The lowest BCUT2D eigenvalue weighted by Gasteiger charge is -2.20. The van der Waals surface area contributed by atoms with E-state index in [-0.39, 0.29) is 5.97 Å². The number of aromatic nitrogens is 2. The van der Waals surface area contributed by atoms with Crippen LogP contribution in [0.15, 0.2) is 12.4 Å². The second kappa shape index (κ2) is 7.87. The van der Waals surface area contributed by atoms with Gasteiger partial charge in [0.15, 0.2) is 0 Å². The van der Waals surface area contributed by atoms with Crippen molar-refractivity contribution in [1.82, 2.24) is 14.7 Å². The van der Waals surface area contributed by atoms with Crippen LogP contribution in [0, 0.1) is 0 Å². The monoisotopic (exact) mass is 253 g/mol. The van der Waals surface area contributed by atoms with Crippen molar-refractivity contribution < 1.29 is 9.53 Å². The predicted molar refractivity (Wildman–Crippen MR) is 70.3 cm³/mol. The van der Waals surface area contributed by atoms with Gasteiger partial charge in [0.25, 0.3) is 0 Å². The highest BCUT2D eigenvalue weighted by molar-refractivity contribution is 5.71. The van der Waals surface area contributed by atoms with Gasteiger partial charge in [0.2, 0.25) is 0 Å². The summed E-state index contributed by atoms with van der Waals surface area (Å²) in [5.41, 5.74) is 1.20. The Morgan fingerprint density at radius 1 is 1.44 bits per heavy atom. The number of nitrogens with zero attached hydrogens (tertiary/aromatic N) is 3. The van der Waals surface area contributed by atoms with E-state index >= 15 is 0 Å². The van der Waals surface area contributed by atoms with Gasteiger partial charge in [0.05, 0.1) is 19.3 Å². The second-order valence-electron chi connectivity index (χ2n) is 4.35. The van der Waals surface area contributed by atoms with E-state index in [4.69, 9.17) is 4.74 Å². The normalized spacial score (nSPS) is 10.9. The molecule has 1 aromatic heterocycles. The molecule has 5 heteroatoms. The van der Waals surface area contributed by atoms with Gasteiger partial charge in [0, 0.05) is 19.8 Å². The molecular weight excluding hydrogens is 230 g/mol. The number of ether oxygens (including phenoxy) is 1. The summed E-state index contributed by atoms with van der Waals surface area (Å²) in [6, 6.07) is 0. The summed E-state index contributed by atoms with van der Waals surface area (Å²) in [5, 5.41) is 4.14. The smallest absolute Gasteiger partial charge is 0.320 e. The number of carbonyl (C=O) groups is 1. The molecule has 1 aromatic rings. The maximum atomic E-state index is 11.5. The third-order valence-corrected chi connectivity index (χ3v) is 2.67. The molecule has 0 atom stereocenters. The SMILES string of the molecule is CCCN(CCc1cnn(C)c1)CC(=O)OCC. The molecular formula is C13H23N3O2. The third kappa shape index (κ3) is 5.31. The molecule has 0 aliphatic rings. The Morgan fingerprint density at radius 2 is 2.22 bits per heavy atom. The Bertz CT molecular complexity index is 363. The first-order valence-electron chi connectivity index (χ1n) is 6.51. The fourth-order valence-electron chi connectivity index (χ4n) is 1.86. The Kier molecular flexibility index (Phi) is 6.43. The first-order chi connectivity index (χ1) is 8.65. The number of rotatable bonds is 8. The lowest BCUT2D eigenvalue weighted by molar-refractivity contribution is -0.144. The van der Waals surface area contributed by atoms with Crippen molar-refractivity contribution >= 4 is 5.97 Å². The summed E-state index contributed by atoms with van der Waals surface area (Å²) in [7, 11) is 1.91. The first kappa shape index (κ1) is 14.7. The summed E-state index contributed by atoms with van der Waals surface area (Å²) < 4.78 is 6.77. The highest BCUT2D eigenvalue weighted by Crippen LogP contribution is 2.01. The van der Waals surface area contributed by atoms with Gasteiger partial charge in [-0.3, -0.25) is 14.4 Å².